The first-order valence-corrected chi connectivity index (χ1v) is 8.99. The molecular weight excluding hydrogens is 240 g/mol. The van der Waals surface area contributed by atoms with Crippen LogP contribution in [0.5, 0.6) is 0 Å². The summed E-state index contributed by atoms with van der Waals surface area (Å²) in [5, 5.41) is 0. The first kappa shape index (κ1) is 12.1. The number of hydrogen-bond acceptors (Lipinski definition) is 0. The van der Waals surface area contributed by atoms with E-state index in [2.05, 4.69) is 20.1 Å². The molecule has 5 aliphatic carbocycles. The topological polar surface area (TPSA) is 0 Å². The van der Waals surface area contributed by atoms with E-state index in [0.29, 0.717) is 0 Å². The summed E-state index contributed by atoms with van der Waals surface area (Å²) in [7, 11) is 0. The van der Waals surface area contributed by atoms with Crippen LogP contribution in [0.25, 0.3) is 0 Å². The Morgan fingerprint density at radius 2 is 1.50 bits per heavy atom. The minimum absolute atomic E-state index is 0.802. The van der Waals surface area contributed by atoms with Gasteiger partial charge in [-0.1, -0.05) is 18.7 Å². The zero-order valence-electron chi connectivity index (χ0n) is 12.9. The Balaban J connectivity index is 1.47. The Bertz CT molecular complexity index is 486. The van der Waals surface area contributed by atoms with Crippen LogP contribution in [0.15, 0.2) is 24.3 Å². The third-order valence-electron chi connectivity index (χ3n) is 8.39. The Hall–Kier alpha value is -0.520. The molecule has 5 aliphatic rings. The van der Waals surface area contributed by atoms with E-state index >= 15 is 0 Å². The van der Waals surface area contributed by atoms with Crippen molar-refractivity contribution in [2.75, 3.05) is 0 Å². The molecule has 0 saturated heterocycles. The van der Waals surface area contributed by atoms with Crippen molar-refractivity contribution in [1.82, 2.24) is 0 Å². The first-order chi connectivity index (χ1) is 9.65. The van der Waals surface area contributed by atoms with Crippen molar-refractivity contribution in [3.05, 3.63) is 24.3 Å². The lowest BCUT2D eigenvalue weighted by atomic mass is 9.67. The Morgan fingerprint density at radius 3 is 2.30 bits per heavy atom. The second-order valence-electron chi connectivity index (χ2n) is 8.86. The van der Waals surface area contributed by atoms with Gasteiger partial charge in [-0.05, 0) is 104 Å². The van der Waals surface area contributed by atoms with Gasteiger partial charge in [0.05, 0.1) is 0 Å². The van der Waals surface area contributed by atoms with Crippen LogP contribution in [-0.4, -0.2) is 0 Å². The highest BCUT2D eigenvalue weighted by molar-refractivity contribution is 5.30. The highest BCUT2D eigenvalue weighted by Crippen LogP contribution is 2.72. The van der Waals surface area contributed by atoms with Gasteiger partial charge in [0.2, 0.25) is 0 Å². The van der Waals surface area contributed by atoms with Gasteiger partial charge in [0, 0.05) is 0 Å². The van der Waals surface area contributed by atoms with Crippen molar-refractivity contribution in [3.63, 3.8) is 0 Å². The largest absolute Gasteiger partial charge is 0.0958 e. The fourth-order valence-electron chi connectivity index (χ4n) is 7.87. The van der Waals surface area contributed by atoms with Gasteiger partial charge in [0.15, 0.2) is 0 Å². The molecule has 0 aromatic rings. The molecule has 20 heavy (non-hydrogen) atoms. The van der Waals surface area contributed by atoms with Crippen LogP contribution < -0.4 is 0 Å². The molecule has 0 heteroatoms. The summed E-state index contributed by atoms with van der Waals surface area (Å²) in [5.74, 6) is 9.59. The molecule has 0 spiro atoms. The molecule has 108 valence electrons. The monoisotopic (exact) mass is 268 g/mol. The summed E-state index contributed by atoms with van der Waals surface area (Å²) in [6.45, 7) is 10.7. The van der Waals surface area contributed by atoms with Crippen molar-refractivity contribution < 1.29 is 0 Å². The highest BCUT2D eigenvalue weighted by Gasteiger charge is 2.65. The summed E-state index contributed by atoms with van der Waals surface area (Å²) in [6.07, 6.45) is 9.34. The summed E-state index contributed by atoms with van der Waals surface area (Å²) in [6, 6.07) is 0. The summed E-state index contributed by atoms with van der Waals surface area (Å²) in [4.78, 5) is 0. The number of rotatable bonds is 2. The van der Waals surface area contributed by atoms with Crippen molar-refractivity contribution in [2.45, 2.75) is 45.4 Å². The zero-order valence-corrected chi connectivity index (χ0v) is 12.9. The minimum atomic E-state index is 0.802. The van der Waals surface area contributed by atoms with Crippen molar-refractivity contribution in [2.24, 2.45) is 53.3 Å². The lowest BCUT2D eigenvalue weighted by Gasteiger charge is -2.38. The van der Waals surface area contributed by atoms with E-state index in [1.165, 1.54) is 24.0 Å². The van der Waals surface area contributed by atoms with Crippen LogP contribution >= 0.6 is 0 Å². The van der Waals surface area contributed by atoms with E-state index in [9.17, 15) is 0 Å². The summed E-state index contributed by atoms with van der Waals surface area (Å²) in [5.41, 5.74) is 2.66. The molecule has 0 aromatic heterocycles. The molecule has 0 amide bonds. The fourth-order valence-corrected chi connectivity index (χ4v) is 7.87. The van der Waals surface area contributed by atoms with Crippen LogP contribution in [0.1, 0.15) is 45.4 Å². The molecule has 4 bridgehead atoms. The van der Waals surface area contributed by atoms with Crippen LogP contribution in [-0.2, 0) is 0 Å². The number of fused-ring (bicyclic) bond motifs is 11. The van der Waals surface area contributed by atoms with Gasteiger partial charge in [-0.25, -0.2) is 0 Å². The Labute approximate surface area is 123 Å². The van der Waals surface area contributed by atoms with Gasteiger partial charge in [-0.2, -0.15) is 0 Å². The van der Waals surface area contributed by atoms with E-state index in [0.717, 1.165) is 53.3 Å². The molecule has 0 N–H and O–H groups in total. The normalized spacial score (nSPS) is 58.0. The van der Waals surface area contributed by atoms with E-state index in [4.69, 9.17) is 0 Å². The standard InChI is InChI=1S/C20H28/c1-10(2)11(3)15-7-14-8-18(15)20-17(14)9-16-12-4-5-13(6-12)19(16)20/h12-20H,1,3-9H2,2H3. The molecule has 9 atom stereocenters. The van der Waals surface area contributed by atoms with Gasteiger partial charge in [0.1, 0.15) is 0 Å². The predicted octanol–water partition coefficient (Wildman–Crippen LogP) is 5.07. The average Bonchev–Trinajstić information content (AvgIpc) is 3.17. The quantitative estimate of drug-likeness (QED) is 0.613. The highest BCUT2D eigenvalue weighted by atomic mass is 14.7. The molecule has 0 radical (unpaired) electrons. The van der Waals surface area contributed by atoms with Crippen LogP contribution in [0.2, 0.25) is 0 Å². The van der Waals surface area contributed by atoms with Gasteiger partial charge >= 0.3 is 0 Å². The molecule has 5 saturated carbocycles. The third-order valence-corrected chi connectivity index (χ3v) is 8.39. The fraction of sp³-hybridized carbons (Fsp3) is 0.800. The SMILES string of the molecule is C=C(C)C(=C)C1CC2CC1C1C2CC2C3CCC(C3)C21. The molecule has 0 heterocycles. The summed E-state index contributed by atoms with van der Waals surface area (Å²) < 4.78 is 0. The van der Waals surface area contributed by atoms with Crippen molar-refractivity contribution >= 4 is 0 Å². The third kappa shape index (κ3) is 1.30. The van der Waals surface area contributed by atoms with E-state index in [1.807, 2.05) is 0 Å². The maximum atomic E-state index is 4.40. The Kier molecular flexibility index (Phi) is 2.30. The smallest absolute Gasteiger partial charge is 0.0131 e. The molecular formula is C20H28. The van der Waals surface area contributed by atoms with Crippen LogP contribution in [0, 0.1) is 53.3 Å². The number of hydrogen-bond donors (Lipinski definition) is 0. The second kappa shape index (κ2) is 3.81. The van der Waals surface area contributed by atoms with Gasteiger partial charge < -0.3 is 0 Å². The lowest BCUT2D eigenvalue weighted by Crippen LogP contribution is -2.32. The van der Waals surface area contributed by atoms with E-state index in [-0.39, 0.29) is 0 Å². The van der Waals surface area contributed by atoms with E-state index < -0.39 is 0 Å². The molecule has 0 aliphatic heterocycles. The molecule has 5 fully saturated rings. The van der Waals surface area contributed by atoms with Crippen LogP contribution in [0.4, 0.5) is 0 Å². The lowest BCUT2D eigenvalue weighted by molar-refractivity contribution is 0.129. The molecule has 5 rings (SSSR count). The van der Waals surface area contributed by atoms with Gasteiger partial charge in [-0.3, -0.25) is 0 Å². The number of allylic oxidation sites excluding steroid dienone is 2. The second-order valence-corrected chi connectivity index (χ2v) is 8.86. The maximum Gasteiger partial charge on any atom is -0.0131 e. The summed E-state index contributed by atoms with van der Waals surface area (Å²) >= 11 is 0. The maximum absolute atomic E-state index is 4.40. The molecule has 0 nitrogen and oxygen atoms in total. The molecule has 9 unspecified atom stereocenters. The van der Waals surface area contributed by atoms with Gasteiger partial charge in [0.25, 0.3) is 0 Å². The average molecular weight is 268 g/mol. The predicted molar refractivity (Wildman–Crippen MR) is 83.1 cm³/mol. The van der Waals surface area contributed by atoms with Crippen LogP contribution in [0.3, 0.4) is 0 Å². The van der Waals surface area contributed by atoms with E-state index in [1.54, 1.807) is 25.7 Å². The molecule has 0 aromatic carbocycles. The van der Waals surface area contributed by atoms with Crippen molar-refractivity contribution in [1.29, 1.82) is 0 Å². The van der Waals surface area contributed by atoms with Gasteiger partial charge in [-0.15, -0.1) is 0 Å². The minimum Gasteiger partial charge on any atom is -0.0958 e. The zero-order chi connectivity index (χ0) is 13.6. The Morgan fingerprint density at radius 1 is 0.750 bits per heavy atom. The van der Waals surface area contributed by atoms with Crippen molar-refractivity contribution in [3.8, 4) is 0 Å². The first-order valence-electron chi connectivity index (χ1n) is 8.99.